The lowest BCUT2D eigenvalue weighted by molar-refractivity contribution is -0.0880. The molecule has 2 fully saturated rings. The molecule has 1 aliphatic carbocycles. The number of hydrogen-bond acceptors (Lipinski definition) is 3. The summed E-state index contributed by atoms with van der Waals surface area (Å²) in [7, 11) is 1.84. The second-order valence-electron chi connectivity index (χ2n) is 7.71. The van der Waals surface area contributed by atoms with Gasteiger partial charge < -0.3 is 14.8 Å². The molecule has 24 heavy (non-hydrogen) atoms. The molecule has 4 rings (SSSR count). The number of benzene rings is 1. The molecule has 4 heteroatoms. The van der Waals surface area contributed by atoms with Crippen molar-refractivity contribution in [3.8, 4) is 0 Å². The van der Waals surface area contributed by atoms with Crippen molar-refractivity contribution in [1.82, 2.24) is 9.88 Å². The lowest BCUT2D eigenvalue weighted by Crippen LogP contribution is -2.51. The number of hydrogen-bond donors (Lipinski definition) is 2. The quantitative estimate of drug-likeness (QED) is 0.909. The van der Waals surface area contributed by atoms with E-state index in [4.69, 9.17) is 4.74 Å². The lowest BCUT2D eigenvalue weighted by Gasteiger charge is -2.42. The average molecular weight is 328 g/mol. The van der Waals surface area contributed by atoms with Crippen molar-refractivity contribution in [2.75, 3.05) is 13.7 Å². The number of rotatable bonds is 3. The predicted octanol–water partition coefficient (Wildman–Crippen LogP) is 3.29. The summed E-state index contributed by atoms with van der Waals surface area (Å²) in [5.74, 6) is 0. The van der Waals surface area contributed by atoms with E-state index in [1.54, 1.807) is 0 Å². The highest BCUT2D eigenvalue weighted by Crippen LogP contribution is 2.43. The maximum atomic E-state index is 10.2. The van der Waals surface area contributed by atoms with Crippen LogP contribution in [-0.2, 0) is 11.3 Å². The Bertz CT molecular complexity index is 753. The molecule has 1 aromatic carbocycles. The van der Waals surface area contributed by atoms with E-state index in [0.717, 1.165) is 38.8 Å². The van der Waals surface area contributed by atoms with Gasteiger partial charge in [-0.1, -0.05) is 11.6 Å². The first kappa shape index (κ1) is 16.1. The zero-order valence-electron chi connectivity index (χ0n) is 14.9. The first-order valence-corrected chi connectivity index (χ1v) is 9.07. The highest BCUT2D eigenvalue weighted by atomic mass is 16.5. The number of H-pyrrole nitrogens is 1. The summed E-state index contributed by atoms with van der Waals surface area (Å²) < 4.78 is 5.96. The van der Waals surface area contributed by atoms with E-state index in [0.29, 0.717) is 6.04 Å². The smallest absolute Gasteiger partial charge is 0.0847 e. The third-order valence-electron chi connectivity index (χ3n) is 6.35. The molecule has 2 heterocycles. The minimum absolute atomic E-state index is 0.0598. The monoisotopic (exact) mass is 328 g/mol. The van der Waals surface area contributed by atoms with Gasteiger partial charge in [0.15, 0.2) is 0 Å². The molecule has 4 nitrogen and oxygen atoms in total. The molecule has 0 bridgehead atoms. The topological polar surface area (TPSA) is 48.5 Å². The number of aromatic nitrogens is 1. The Labute approximate surface area is 143 Å². The first-order chi connectivity index (χ1) is 11.5. The zero-order chi connectivity index (χ0) is 16.9. The summed E-state index contributed by atoms with van der Waals surface area (Å²) in [6.07, 6.45) is 3.54. The van der Waals surface area contributed by atoms with Gasteiger partial charge in [0.2, 0.25) is 0 Å². The largest absolute Gasteiger partial charge is 0.393 e. The van der Waals surface area contributed by atoms with Crippen LogP contribution in [-0.4, -0.2) is 46.4 Å². The standard InChI is InChI=1S/C20H28N2O2/c1-13-4-5-17-16(10-13)14(2)18(21-17)12-22-9-8-20(24-3)7-6-15(23)11-19(20)22/h4-5,10,15,19,21,23H,6-9,11-12H2,1-3H3/t15-,19+,20-/m1/s1. The molecule has 0 unspecified atom stereocenters. The van der Waals surface area contributed by atoms with E-state index in [1.165, 1.54) is 27.7 Å². The second kappa shape index (κ2) is 5.87. The fourth-order valence-electron chi connectivity index (χ4n) is 4.82. The van der Waals surface area contributed by atoms with Crippen LogP contribution in [0.15, 0.2) is 18.2 Å². The number of aromatic amines is 1. The maximum Gasteiger partial charge on any atom is 0.0847 e. The van der Waals surface area contributed by atoms with Crippen LogP contribution in [0.3, 0.4) is 0 Å². The number of methoxy groups -OCH3 is 1. The van der Waals surface area contributed by atoms with Gasteiger partial charge in [0.05, 0.1) is 11.7 Å². The Morgan fingerprint density at radius 3 is 2.96 bits per heavy atom. The molecule has 1 saturated heterocycles. The van der Waals surface area contributed by atoms with Gasteiger partial charge in [0, 0.05) is 42.8 Å². The zero-order valence-corrected chi connectivity index (χ0v) is 14.9. The molecule has 1 aromatic heterocycles. The van der Waals surface area contributed by atoms with Crippen molar-refractivity contribution >= 4 is 10.9 Å². The molecular formula is C20H28N2O2. The molecule has 0 radical (unpaired) electrons. The Balaban J connectivity index is 1.62. The fourth-order valence-corrected chi connectivity index (χ4v) is 4.82. The van der Waals surface area contributed by atoms with E-state index in [2.05, 4.69) is 41.9 Å². The summed E-state index contributed by atoms with van der Waals surface area (Å²) in [6.45, 7) is 6.30. The van der Waals surface area contributed by atoms with E-state index in [9.17, 15) is 5.11 Å². The minimum Gasteiger partial charge on any atom is -0.393 e. The van der Waals surface area contributed by atoms with Gasteiger partial charge in [0.1, 0.15) is 0 Å². The Morgan fingerprint density at radius 1 is 1.33 bits per heavy atom. The van der Waals surface area contributed by atoms with E-state index < -0.39 is 0 Å². The van der Waals surface area contributed by atoms with Crippen molar-refractivity contribution in [1.29, 1.82) is 0 Å². The van der Waals surface area contributed by atoms with Crippen LogP contribution >= 0.6 is 0 Å². The second-order valence-corrected chi connectivity index (χ2v) is 7.71. The lowest BCUT2D eigenvalue weighted by atomic mass is 9.79. The summed E-state index contributed by atoms with van der Waals surface area (Å²) in [5, 5.41) is 11.5. The van der Waals surface area contributed by atoms with Crippen molar-refractivity contribution in [2.24, 2.45) is 0 Å². The number of aliphatic hydroxyl groups excluding tert-OH is 1. The SMILES string of the molecule is CO[C@@]12CC[C@@H](O)C[C@@H]1N(Cc1[nH]c3ccc(C)cc3c1C)CC2. The fraction of sp³-hybridized carbons (Fsp3) is 0.600. The molecule has 2 aromatic rings. The van der Waals surface area contributed by atoms with E-state index in [1.807, 2.05) is 7.11 Å². The highest BCUT2D eigenvalue weighted by molar-refractivity contribution is 5.85. The first-order valence-electron chi connectivity index (χ1n) is 9.07. The molecular weight excluding hydrogens is 300 g/mol. The van der Waals surface area contributed by atoms with Gasteiger partial charge in [-0.3, -0.25) is 4.90 Å². The number of fused-ring (bicyclic) bond motifs is 2. The molecule has 130 valence electrons. The molecule has 1 aliphatic heterocycles. The van der Waals surface area contributed by atoms with Crippen LogP contribution in [0.4, 0.5) is 0 Å². The predicted molar refractivity (Wildman–Crippen MR) is 96.2 cm³/mol. The van der Waals surface area contributed by atoms with Gasteiger partial charge in [-0.2, -0.15) is 0 Å². The van der Waals surface area contributed by atoms with Crippen LogP contribution in [0.5, 0.6) is 0 Å². The van der Waals surface area contributed by atoms with Crippen LogP contribution in [0.2, 0.25) is 0 Å². The summed E-state index contributed by atoms with van der Waals surface area (Å²) in [5.41, 5.74) is 5.10. The van der Waals surface area contributed by atoms with Gasteiger partial charge in [-0.05, 0) is 57.2 Å². The van der Waals surface area contributed by atoms with Gasteiger partial charge >= 0.3 is 0 Å². The Kier molecular flexibility index (Phi) is 3.94. The third kappa shape index (κ3) is 2.48. The molecule has 1 saturated carbocycles. The number of aliphatic hydroxyl groups is 1. The highest BCUT2D eigenvalue weighted by Gasteiger charge is 2.50. The molecule has 0 amide bonds. The number of nitrogens with one attached hydrogen (secondary N) is 1. The number of likely N-dealkylation sites (tertiary alicyclic amines) is 1. The van der Waals surface area contributed by atoms with E-state index in [-0.39, 0.29) is 11.7 Å². The Morgan fingerprint density at radius 2 is 2.17 bits per heavy atom. The number of nitrogens with zero attached hydrogens (tertiary/aromatic N) is 1. The van der Waals surface area contributed by atoms with Crippen LogP contribution < -0.4 is 0 Å². The molecule has 0 spiro atoms. The van der Waals surface area contributed by atoms with Crippen LogP contribution in [0.1, 0.15) is 42.5 Å². The molecule has 2 N–H and O–H groups in total. The third-order valence-corrected chi connectivity index (χ3v) is 6.35. The maximum absolute atomic E-state index is 10.2. The van der Waals surface area contributed by atoms with Crippen molar-refractivity contribution in [2.45, 2.75) is 63.8 Å². The Hall–Kier alpha value is -1.36. The summed E-state index contributed by atoms with van der Waals surface area (Å²) >= 11 is 0. The van der Waals surface area contributed by atoms with Crippen molar-refractivity contribution < 1.29 is 9.84 Å². The average Bonchev–Trinajstić information content (AvgIpc) is 3.08. The van der Waals surface area contributed by atoms with Gasteiger partial charge in [0.25, 0.3) is 0 Å². The van der Waals surface area contributed by atoms with Crippen molar-refractivity contribution in [3.63, 3.8) is 0 Å². The summed E-state index contributed by atoms with van der Waals surface area (Å²) in [4.78, 5) is 6.12. The molecule has 2 aliphatic rings. The van der Waals surface area contributed by atoms with E-state index >= 15 is 0 Å². The van der Waals surface area contributed by atoms with Gasteiger partial charge in [-0.25, -0.2) is 0 Å². The minimum atomic E-state index is -0.190. The normalized spacial score (nSPS) is 30.8. The number of aryl methyl sites for hydroxylation is 2. The van der Waals surface area contributed by atoms with Crippen LogP contribution in [0.25, 0.3) is 10.9 Å². The molecule has 3 atom stereocenters. The number of ether oxygens (including phenoxy) is 1. The summed E-state index contributed by atoms with van der Waals surface area (Å²) in [6, 6.07) is 6.91. The van der Waals surface area contributed by atoms with Crippen LogP contribution in [0, 0.1) is 13.8 Å². The van der Waals surface area contributed by atoms with Gasteiger partial charge in [-0.15, -0.1) is 0 Å². The van der Waals surface area contributed by atoms with Crippen molar-refractivity contribution in [3.05, 3.63) is 35.0 Å².